The van der Waals surface area contributed by atoms with Crippen LogP contribution >= 0.6 is 0 Å². The van der Waals surface area contributed by atoms with Gasteiger partial charge >= 0.3 is 6.18 Å². The van der Waals surface area contributed by atoms with Crippen LogP contribution in [0.25, 0.3) is 0 Å². The zero-order chi connectivity index (χ0) is 15.5. The number of carbonyl (C=O) groups excluding carboxylic acids is 1. The van der Waals surface area contributed by atoms with Gasteiger partial charge in [-0.2, -0.15) is 13.2 Å². The van der Waals surface area contributed by atoms with E-state index in [2.05, 4.69) is 15.2 Å². The number of aromatic nitrogens is 1. The number of halogens is 3. The summed E-state index contributed by atoms with van der Waals surface area (Å²) >= 11 is 0. The Morgan fingerprint density at radius 1 is 1.33 bits per heavy atom. The molecule has 1 amide bonds. The molecule has 0 radical (unpaired) electrons. The van der Waals surface area contributed by atoms with Gasteiger partial charge in [-0.1, -0.05) is 0 Å². The van der Waals surface area contributed by atoms with Gasteiger partial charge < -0.3 is 16.0 Å². The highest BCUT2D eigenvalue weighted by atomic mass is 19.4. The molecule has 1 aliphatic rings. The minimum atomic E-state index is -4.55. The lowest BCUT2D eigenvalue weighted by atomic mass is 10.2. The fourth-order valence-electron chi connectivity index (χ4n) is 2.29. The van der Waals surface area contributed by atoms with Gasteiger partial charge in [0.25, 0.3) is 5.91 Å². The van der Waals surface area contributed by atoms with Crippen molar-refractivity contribution in [2.75, 3.05) is 31.5 Å². The van der Waals surface area contributed by atoms with Gasteiger partial charge in [-0.15, -0.1) is 0 Å². The van der Waals surface area contributed by atoms with Crippen LogP contribution in [0.3, 0.4) is 0 Å². The molecule has 0 atom stereocenters. The molecular formula is C13H17F3N4O. The van der Waals surface area contributed by atoms with Gasteiger partial charge in [0.2, 0.25) is 0 Å². The van der Waals surface area contributed by atoms with Crippen molar-refractivity contribution in [2.24, 2.45) is 5.73 Å². The molecule has 1 aromatic heterocycles. The SMILES string of the molecule is NC(=O)c1ccc(C(F)(F)F)nc1NCCN1CCCC1. The predicted molar refractivity (Wildman–Crippen MR) is 71.9 cm³/mol. The Morgan fingerprint density at radius 2 is 2.00 bits per heavy atom. The molecule has 21 heavy (non-hydrogen) atoms. The summed E-state index contributed by atoms with van der Waals surface area (Å²) in [6.07, 6.45) is -2.29. The number of carbonyl (C=O) groups is 1. The second kappa shape index (κ2) is 6.30. The summed E-state index contributed by atoms with van der Waals surface area (Å²) in [6, 6.07) is 1.81. The number of primary amides is 1. The zero-order valence-electron chi connectivity index (χ0n) is 11.4. The minimum Gasteiger partial charge on any atom is -0.368 e. The molecule has 0 bridgehead atoms. The average Bonchev–Trinajstić information content (AvgIpc) is 2.90. The van der Waals surface area contributed by atoms with Gasteiger partial charge in [-0.25, -0.2) is 4.98 Å². The molecule has 8 heteroatoms. The van der Waals surface area contributed by atoms with E-state index in [4.69, 9.17) is 5.73 Å². The topological polar surface area (TPSA) is 71.2 Å². The van der Waals surface area contributed by atoms with Crippen molar-refractivity contribution < 1.29 is 18.0 Å². The maximum atomic E-state index is 12.7. The van der Waals surface area contributed by atoms with Gasteiger partial charge in [0.1, 0.15) is 11.5 Å². The Morgan fingerprint density at radius 3 is 2.57 bits per heavy atom. The van der Waals surface area contributed by atoms with Crippen molar-refractivity contribution in [1.29, 1.82) is 0 Å². The summed E-state index contributed by atoms with van der Waals surface area (Å²) in [4.78, 5) is 16.9. The first kappa shape index (κ1) is 15.6. The Hall–Kier alpha value is -1.83. The summed E-state index contributed by atoms with van der Waals surface area (Å²) in [6.45, 7) is 3.07. The van der Waals surface area contributed by atoms with Gasteiger partial charge in [0.05, 0.1) is 5.56 Å². The van der Waals surface area contributed by atoms with E-state index >= 15 is 0 Å². The van der Waals surface area contributed by atoms with Crippen LogP contribution in [0.1, 0.15) is 28.9 Å². The van der Waals surface area contributed by atoms with Gasteiger partial charge in [0, 0.05) is 13.1 Å². The molecule has 0 aliphatic carbocycles. The van der Waals surface area contributed by atoms with Crippen molar-refractivity contribution in [3.63, 3.8) is 0 Å². The smallest absolute Gasteiger partial charge is 0.368 e. The number of hydrogen-bond acceptors (Lipinski definition) is 4. The molecule has 1 fully saturated rings. The lowest BCUT2D eigenvalue weighted by Gasteiger charge is -2.16. The highest BCUT2D eigenvalue weighted by Gasteiger charge is 2.33. The molecule has 1 saturated heterocycles. The number of nitrogens with two attached hydrogens (primary N) is 1. The van der Waals surface area contributed by atoms with Crippen molar-refractivity contribution in [2.45, 2.75) is 19.0 Å². The number of amides is 1. The van der Waals surface area contributed by atoms with E-state index in [0.29, 0.717) is 13.1 Å². The average molecular weight is 302 g/mol. The first-order chi connectivity index (χ1) is 9.88. The van der Waals surface area contributed by atoms with Crippen LogP contribution in [-0.2, 0) is 6.18 Å². The van der Waals surface area contributed by atoms with Crippen LogP contribution in [-0.4, -0.2) is 42.0 Å². The predicted octanol–water partition coefficient (Wildman–Crippen LogP) is 1.71. The molecule has 2 heterocycles. The number of hydrogen-bond donors (Lipinski definition) is 2. The van der Waals surface area contributed by atoms with Gasteiger partial charge in [-0.3, -0.25) is 4.79 Å². The number of rotatable bonds is 5. The third-order valence-electron chi connectivity index (χ3n) is 3.37. The summed E-state index contributed by atoms with van der Waals surface area (Å²) in [5.74, 6) is -0.920. The number of pyridine rings is 1. The summed E-state index contributed by atoms with van der Waals surface area (Å²) < 4.78 is 38.0. The fourth-order valence-corrected chi connectivity index (χ4v) is 2.29. The molecule has 0 aromatic carbocycles. The van der Waals surface area contributed by atoms with E-state index in [1.165, 1.54) is 0 Å². The standard InChI is InChI=1S/C13H17F3N4O/c14-13(15,16)10-4-3-9(11(17)21)12(19-10)18-5-8-20-6-1-2-7-20/h3-4H,1-2,5-8H2,(H2,17,21)(H,18,19). The lowest BCUT2D eigenvalue weighted by molar-refractivity contribution is -0.141. The lowest BCUT2D eigenvalue weighted by Crippen LogP contribution is -2.27. The Labute approximate surface area is 120 Å². The third-order valence-corrected chi connectivity index (χ3v) is 3.37. The molecule has 0 saturated carbocycles. The Bertz CT molecular complexity index is 513. The van der Waals surface area contributed by atoms with Crippen molar-refractivity contribution in [1.82, 2.24) is 9.88 Å². The molecule has 1 aliphatic heterocycles. The molecule has 2 rings (SSSR count). The minimum absolute atomic E-state index is 0.0376. The Kier molecular flexibility index (Phi) is 4.66. The van der Waals surface area contributed by atoms with E-state index in [9.17, 15) is 18.0 Å². The van der Waals surface area contributed by atoms with Crippen LogP contribution < -0.4 is 11.1 Å². The van der Waals surface area contributed by atoms with Crippen molar-refractivity contribution >= 4 is 11.7 Å². The van der Waals surface area contributed by atoms with Crippen LogP contribution in [0.5, 0.6) is 0 Å². The fraction of sp³-hybridized carbons (Fsp3) is 0.538. The normalized spacial score (nSPS) is 16.1. The number of alkyl halides is 3. The second-order valence-electron chi connectivity index (χ2n) is 4.93. The quantitative estimate of drug-likeness (QED) is 0.868. The molecule has 0 unspecified atom stereocenters. The Balaban J connectivity index is 2.08. The van der Waals surface area contributed by atoms with E-state index in [0.717, 1.165) is 38.1 Å². The van der Waals surface area contributed by atoms with E-state index < -0.39 is 17.8 Å². The third kappa shape index (κ3) is 4.07. The largest absolute Gasteiger partial charge is 0.433 e. The summed E-state index contributed by atoms with van der Waals surface area (Å²) in [5, 5.41) is 2.78. The molecule has 1 aromatic rings. The van der Waals surface area contributed by atoms with E-state index in [-0.39, 0.29) is 11.4 Å². The van der Waals surface area contributed by atoms with Crippen LogP contribution in [0.2, 0.25) is 0 Å². The van der Waals surface area contributed by atoms with Crippen molar-refractivity contribution in [3.05, 3.63) is 23.4 Å². The highest BCUT2D eigenvalue weighted by molar-refractivity contribution is 5.97. The number of anilines is 1. The van der Waals surface area contributed by atoms with Crippen LogP contribution in [0, 0.1) is 0 Å². The van der Waals surface area contributed by atoms with Crippen LogP contribution in [0.4, 0.5) is 19.0 Å². The molecule has 116 valence electrons. The highest BCUT2D eigenvalue weighted by Crippen LogP contribution is 2.29. The molecule has 0 spiro atoms. The number of nitrogens with one attached hydrogen (secondary N) is 1. The van der Waals surface area contributed by atoms with Crippen molar-refractivity contribution in [3.8, 4) is 0 Å². The van der Waals surface area contributed by atoms with Gasteiger partial charge in [-0.05, 0) is 38.1 Å². The van der Waals surface area contributed by atoms with E-state index in [1.807, 2.05) is 0 Å². The second-order valence-corrected chi connectivity index (χ2v) is 4.93. The first-order valence-corrected chi connectivity index (χ1v) is 6.72. The molecule has 5 nitrogen and oxygen atoms in total. The van der Waals surface area contributed by atoms with Gasteiger partial charge in [0.15, 0.2) is 0 Å². The summed E-state index contributed by atoms with van der Waals surface area (Å²) in [5.41, 5.74) is 4.07. The van der Waals surface area contributed by atoms with Crippen LogP contribution in [0.15, 0.2) is 12.1 Å². The molecule has 3 N–H and O–H groups in total. The monoisotopic (exact) mass is 302 g/mol. The molecular weight excluding hydrogens is 285 g/mol. The zero-order valence-corrected chi connectivity index (χ0v) is 11.4. The van der Waals surface area contributed by atoms with E-state index in [1.54, 1.807) is 0 Å². The maximum absolute atomic E-state index is 12.7. The first-order valence-electron chi connectivity index (χ1n) is 6.72. The number of likely N-dealkylation sites (tertiary alicyclic amines) is 1. The maximum Gasteiger partial charge on any atom is 0.433 e. The summed E-state index contributed by atoms with van der Waals surface area (Å²) in [7, 11) is 0. The number of nitrogens with zero attached hydrogens (tertiary/aromatic N) is 2.